The fourth-order valence-corrected chi connectivity index (χ4v) is 4.23. The van der Waals surface area contributed by atoms with Crippen LogP contribution in [0.25, 0.3) is 0 Å². The first-order valence-electron chi connectivity index (χ1n) is 11.4. The SMILES string of the molecule is COc1ccc(N2C(=O)c3ccccc3N[C@H]2c2cccc(OCc3ccccc3)c2)c(OC)c1. The number of ether oxygens (including phenoxy) is 3. The molecule has 0 aromatic heterocycles. The summed E-state index contributed by atoms with van der Waals surface area (Å²) < 4.78 is 17.1. The van der Waals surface area contributed by atoms with Crippen molar-refractivity contribution in [1.82, 2.24) is 0 Å². The first kappa shape index (κ1) is 22.3. The van der Waals surface area contributed by atoms with Crippen LogP contribution in [-0.4, -0.2) is 20.1 Å². The lowest BCUT2D eigenvalue weighted by atomic mass is 10.0. The lowest BCUT2D eigenvalue weighted by Crippen LogP contribution is -2.43. The van der Waals surface area contributed by atoms with Gasteiger partial charge in [-0.05, 0) is 47.5 Å². The van der Waals surface area contributed by atoms with Gasteiger partial charge < -0.3 is 19.5 Å². The number of para-hydroxylation sites is 1. The Hall–Kier alpha value is -4.45. The zero-order valence-electron chi connectivity index (χ0n) is 19.6. The average molecular weight is 467 g/mol. The molecule has 0 aliphatic carbocycles. The van der Waals surface area contributed by atoms with Gasteiger partial charge in [-0.2, -0.15) is 0 Å². The highest BCUT2D eigenvalue weighted by Gasteiger charge is 2.35. The summed E-state index contributed by atoms with van der Waals surface area (Å²) in [4.78, 5) is 15.5. The Morgan fingerprint density at radius 3 is 2.40 bits per heavy atom. The maximum Gasteiger partial charge on any atom is 0.262 e. The molecule has 176 valence electrons. The minimum atomic E-state index is -0.472. The van der Waals surface area contributed by atoms with Crippen molar-refractivity contribution < 1.29 is 19.0 Å². The minimum absolute atomic E-state index is 0.122. The largest absolute Gasteiger partial charge is 0.497 e. The predicted molar refractivity (Wildman–Crippen MR) is 136 cm³/mol. The van der Waals surface area contributed by atoms with Crippen LogP contribution in [0.3, 0.4) is 0 Å². The lowest BCUT2D eigenvalue weighted by Gasteiger charge is -2.38. The molecule has 35 heavy (non-hydrogen) atoms. The number of benzene rings is 4. The fraction of sp³-hybridized carbons (Fsp3) is 0.138. The molecule has 0 fully saturated rings. The highest BCUT2D eigenvalue weighted by atomic mass is 16.5. The maximum atomic E-state index is 13.8. The number of amides is 1. The first-order chi connectivity index (χ1) is 17.2. The van der Waals surface area contributed by atoms with Gasteiger partial charge in [0.15, 0.2) is 0 Å². The predicted octanol–water partition coefficient (Wildman–Crippen LogP) is 6.05. The molecular formula is C29H26N2O4. The standard InChI is InChI=1S/C29H26N2O4/c1-33-22-15-16-26(27(18-22)34-2)31-28(30-25-14-7-6-13-24(25)29(31)32)21-11-8-12-23(17-21)35-19-20-9-4-3-5-10-20/h3-18,28,30H,19H2,1-2H3/t28-/m1/s1. The molecule has 0 radical (unpaired) electrons. The van der Waals surface area contributed by atoms with E-state index in [1.54, 1.807) is 25.2 Å². The Balaban J connectivity index is 1.54. The van der Waals surface area contributed by atoms with E-state index in [0.717, 1.165) is 22.6 Å². The van der Waals surface area contributed by atoms with Crippen LogP contribution in [-0.2, 0) is 6.61 Å². The average Bonchev–Trinajstić information content (AvgIpc) is 2.92. The number of nitrogens with zero attached hydrogens (tertiary/aromatic N) is 1. The van der Waals surface area contributed by atoms with Crippen LogP contribution >= 0.6 is 0 Å². The summed E-state index contributed by atoms with van der Waals surface area (Å²) in [5.74, 6) is 1.79. The van der Waals surface area contributed by atoms with Crippen molar-refractivity contribution in [3.05, 3.63) is 114 Å². The van der Waals surface area contributed by atoms with E-state index in [2.05, 4.69) is 5.32 Å². The zero-order chi connectivity index (χ0) is 24.2. The quantitative estimate of drug-likeness (QED) is 0.359. The van der Waals surface area contributed by atoms with Crippen molar-refractivity contribution in [2.45, 2.75) is 12.8 Å². The third kappa shape index (κ3) is 4.51. The first-order valence-corrected chi connectivity index (χ1v) is 11.4. The maximum absolute atomic E-state index is 13.8. The van der Waals surface area contributed by atoms with E-state index in [1.807, 2.05) is 91.0 Å². The van der Waals surface area contributed by atoms with Gasteiger partial charge in [-0.25, -0.2) is 0 Å². The van der Waals surface area contributed by atoms with Crippen molar-refractivity contribution >= 4 is 17.3 Å². The van der Waals surface area contributed by atoms with Gasteiger partial charge in [0, 0.05) is 11.8 Å². The summed E-state index contributed by atoms with van der Waals surface area (Å²) >= 11 is 0. The molecule has 0 bridgehead atoms. The number of anilines is 2. The number of hydrogen-bond acceptors (Lipinski definition) is 5. The number of nitrogens with one attached hydrogen (secondary N) is 1. The van der Waals surface area contributed by atoms with Gasteiger partial charge in [-0.15, -0.1) is 0 Å². The van der Waals surface area contributed by atoms with Gasteiger partial charge >= 0.3 is 0 Å². The summed E-state index contributed by atoms with van der Waals surface area (Å²) in [6.45, 7) is 0.459. The molecule has 6 nitrogen and oxygen atoms in total. The third-order valence-electron chi connectivity index (χ3n) is 6.00. The Labute approximate surface area is 204 Å². The molecule has 1 amide bonds. The third-order valence-corrected chi connectivity index (χ3v) is 6.00. The Bertz CT molecular complexity index is 1340. The van der Waals surface area contributed by atoms with Crippen molar-refractivity contribution in [3.8, 4) is 17.2 Å². The minimum Gasteiger partial charge on any atom is -0.497 e. The van der Waals surface area contributed by atoms with Crippen LogP contribution in [0, 0.1) is 0 Å². The zero-order valence-corrected chi connectivity index (χ0v) is 19.6. The molecule has 4 aromatic rings. The van der Waals surface area contributed by atoms with Crippen LogP contribution in [0.2, 0.25) is 0 Å². The second kappa shape index (κ2) is 9.81. The van der Waals surface area contributed by atoms with Crippen LogP contribution < -0.4 is 24.4 Å². The van der Waals surface area contributed by atoms with E-state index in [-0.39, 0.29) is 5.91 Å². The molecule has 6 heteroatoms. The molecule has 1 N–H and O–H groups in total. The number of rotatable bonds is 7. The van der Waals surface area contributed by atoms with E-state index >= 15 is 0 Å². The molecule has 0 spiro atoms. The van der Waals surface area contributed by atoms with Crippen LogP contribution in [0.1, 0.15) is 27.7 Å². The Kier molecular flexibility index (Phi) is 6.26. The number of carbonyl (C=O) groups excluding carboxylic acids is 1. The number of methoxy groups -OCH3 is 2. The fourth-order valence-electron chi connectivity index (χ4n) is 4.23. The van der Waals surface area contributed by atoms with Gasteiger partial charge in [0.2, 0.25) is 0 Å². The van der Waals surface area contributed by atoms with E-state index in [0.29, 0.717) is 29.4 Å². The van der Waals surface area contributed by atoms with Crippen molar-refractivity contribution in [2.24, 2.45) is 0 Å². The smallest absolute Gasteiger partial charge is 0.262 e. The molecular weight excluding hydrogens is 440 g/mol. The van der Waals surface area contributed by atoms with Gasteiger partial charge in [-0.1, -0.05) is 54.6 Å². The monoisotopic (exact) mass is 466 g/mol. The van der Waals surface area contributed by atoms with E-state index in [9.17, 15) is 4.79 Å². The molecule has 1 atom stereocenters. The van der Waals surface area contributed by atoms with Crippen molar-refractivity contribution in [2.75, 3.05) is 24.4 Å². The summed E-state index contributed by atoms with van der Waals surface area (Å²) in [7, 11) is 3.18. The van der Waals surface area contributed by atoms with Crippen LogP contribution in [0.15, 0.2) is 97.1 Å². The summed E-state index contributed by atoms with van der Waals surface area (Å²) in [6.07, 6.45) is -0.472. The van der Waals surface area contributed by atoms with Gasteiger partial charge in [0.05, 0.1) is 25.5 Å². The highest BCUT2D eigenvalue weighted by molar-refractivity contribution is 6.12. The van der Waals surface area contributed by atoms with Gasteiger partial charge in [-0.3, -0.25) is 9.69 Å². The number of fused-ring (bicyclic) bond motifs is 1. The second-order valence-electron chi connectivity index (χ2n) is 8.15. The summed E-state index contributed by atoms with van der Waals surface area (Å²) in [5.41, 5.74) is 3.99. The molecule has 4 aromatic carbocycles. The number of carbonyl (C=O) groups is 1. The normalized spacial score (nSPS) is 14.6. The lowest BCUT2D eigenvalue weighted by molar-refractivity contribution is 0.0974. The molecule has 1 aliphatic heterocycles. The molecule has 0 saturated carbocycles. The topological polar surface area (TPSA) is 60.0 Å². The van der Waals surface area contributed by atoms with Gasteiger partial charge in [0.1, 0.15) is 30.0 Å². The van der Waals surface area contributed by atoms with Crippen LogP contribution in [0.4, 0.5) is 11.4 Å². The second-order valence-corrected chi connectivity index (χ2v) is 8.15. The van der Waals surface area contributed by atoms with E-state index < -0.39 is 6.17 Å². The highest BCUT2D eigenvalue weighted by Crippen LogP contribution is 2.42. The molecule has 5 rings (SSSR count). The van der Waals surface area contributed by atoms with Gasteiger partial charge in [0.25, 0.3) is 5.91 Å². The molecule has 0 unspecified atom stereocenters. The molecule has 1 aliphatic rings. The van der Waals surface area contributed by atoms with Crippen molar-refractivity contribution in [1.29, 1.82) is 0 Å². The molecule has 1 heterocycles. The van der Waals surface area contributed by atoms with Crippen molar-refractivity contribution in [3.63, 3.8) is 0 Å². The summed E-state index contributed by atoms with van der Waals surface area (Å²) in [6, 6.07) is 30.8. The number of hydrogen-bond donors (Lipinski definition) is 1. The van der Waals surface area contributed by atoms with E-state index in [4.69, 9.17) is 14.2 Å². The Morgan fingerprint density at radius 2 is 1.60 bits per heavy atom. The van der Waals surface area contributed by atoms with Crippen LogP contribution in [0.5, 0.6) is 17.2 Å². The van der Waals surface area contributed by atoms with E-state index in [1.165, 1.54) is 0 Å². The summed E-state index contributed by atoms with van der Waals surface area (Å²) in [5, 5.41) is 3.54. The Morgan fingerprint density at radius 1 is 0.800 bits per heavy atom. The molecule has 0 saturated heterocycles.